The average Bonchev–Trinajstić information content (AvgIpc) is 3.20. The average molecular weight is 1030 g/mol. The highest BCUT2D eigenvalue weighted by molar-refractivity contribution is 6.95. The second-order valence-electron chi connectivity index (χ2n) is 18.8. The maximum Gasteiger partial charge on any atom is 0.500 e. The Labute approximate surface area is 384 Å². The predicted molar refractivity (Wildman–Crippen MR) is 267 cm³/mol. The zero-order chi connectivity index (χ0) is 46.7. The second kappa shape index (κ2) is 27.4. The first-order valence-corrected chi connectivity index (χ1v) is 45.0. The van der Waals surface area contributed by atoms with Gasteiger partial charge in [-0.3, -0.25) is 0 Å². The molecule has 61 heavy (non-hydrogen) atoms. The van der Waals surface area contributed by atoms with Crippen LogP contribution in [-0.4, -0.2) is 141 Å². The van der Waals surface area contributed by atoms with Gasteiger partial charge in [0.15, 0.2) is 16.6 Å². The first-order chi connectivity index (χ1) is 28.4. The summed E-state index contributed by atoms with van der Waals surface area (Å²) in [5.41, 5.74) is 0. The molecule has 2 atom stereocenters. The molecule has 1 fully saturated rings. The van der Waals surface area contributed by atoms with Gasteiger partial charge in [-0.2, -0.15) is 0 Å². The lowest BCUT2D eigenvalue weighted by Gasteiger charge is -2.51. The smallest absolute Gasteiger partial charge is 0.456 e. The summed E-state index contributed by atoms with van der Waals surface area (Å²) >= 11 is 0. The van der Waals surface area contributed by atoms with Crippen LogP contribution in [0.1, 0.15) is 71.6 Å². The van der Waals surface area contributed by atoms with E-state index < -0.39 is 77.3 Å². The molecule has 1 rings (SSSR count). The minimum Gasteiger partial charge on any atom is -0.456 e. The van der Waals surface area contributed by atoms with Crippen LogP contribution < -0.4 is 0 Å². The monoisotopic (exact) mass is 1030 g/mol. The molecule has 0 radical (unpaired) electrons. The molecule has 0 aromatic carbocycles. The van der Waals surface area contributed by atoms with Crippen molar-refractivity contribution in [1.82, 2.24) is 0 Å². The number of rotatable bonds is 34. The lowest BCUT2D eigenvalue weighted by Crippen LogP contribution is -2.68. The van der Waals surface area contributed by atoms with Gasteiger partial charge in [-0.05, 0) is 94.6 Å². The minimum absolute atomic E-state index is 0.512. The van der Waals surface area contributed by atoms with E-state index in [1.165, 1.54) is 63.8 Å². The van der Waals surface area contributed by atoms with Crippen LogP contribution in [0, 0.1) is 5.92 Å². The van der Waals surface area contributed by atoms with Crippen molar-refractivity contribution >= 4 is 77.3 Å². The van der Waals surface area contributed by atoms with Crippen LogP contribution in [0.2, 0.25) is 107 Å². The first kappa shape index (κ1) is 60.4. The zero-order valence-corrected chi connectivity index (χ0v) is 51.5. The molecule has 14 nitrogen and oxygen atoms in total. The summed E-state index contributed by atoms with van der Waals surface area (Å²) in [7, 11) is -10.7. The van der Waals surface area contributed by atoms with Gasteiger partial charge in [0.25, 0.3) is 0 Å². The first-order valence-electron chi connectivity index (χ1n) is 22.9. The quantitative estimate of drug-likeness (QED) is 0.0448. The standard InChI is InChI=1S/C38H94O14Si9/c1-20-22-24-26-38(27-25-23-21-2)28-29-53(12,13)48-54(14,15)30-31-55(16)49-56(17,32-35-59(39-3,40-4)41-5)51-58(19,34-37-61(45-9,46-10)47-11)52-57(18,50-55)33-36-60(42-6,43-7)44-8/h38H,20-37H2,1-19H3. The van der Waals surface area contributed by atoms with Crippen molar-refractivity contribution in [3.63, 3.8) is 0 Å². The summed E-state index contributed by atoms with van der Waals surface area (Å²) in [5, 5.41) is 0. The van der Waals surface area contributed by atoms with Crippen LogP contribution >= 0.6 is 0 Å². The van der Waals surface area contributed by atoms with E-state index in [-0.39, 0.29) is 0 Å². The number of unbranched alkanes of at least 4 members (excludes halogenated alkanes) is 4. The molecular weight excluding hydrogens is 933 g/mol. The van der Waals surface area contributed by atoms with E-state index in [9.17, 15) is 0 Å². The highest BCUT2D eigenvalue weighted by Crippen LogP contribution is 2.42. The van der Waals surface area contributed by atoms with Crippen LogP contribution in [0.5, 0.6) is 0 Å². The Morgan fingerprint density at radius 3 is 0.902 bits per heavy atom. The van der Waals surface area contributed by atoms with E-state index in [4.69, 9.17) is 60.4 Å². The molecule has 1 aliphatic rings. The Morgan fingerprint density at radius 2 is 0.639 bits per heavy atom. The fraction of sp³-hybridized carbons (Fsp3) is 1.00. The maximum atomic E-state index is 7.60. The van der Waals surface area contributed by atoms with Gasteiger partial charge >= 0.3 is 60.7 Å². The molecule has 0 aromatic heterocycles. The lowest BCUT2D eigenvalue weighted by molar-refractivity contribution is 0.122. The topological polar surface area (TPSA) is 129 Å². The summed E-state index contributed by atoms with van der Waals surface area (Å²) in [5.74, 6) is 0.797. The van der Waals surface area contributed by atoms with Crippen molar-refractivity contribution in [2.45, 2.75) is 178 Å². The summed E-state index contributed by atoms with van der Waals surface area (Å²) in [4.78, 5) is 0. The molecule has 0 spiro atoms. The molecule has 0 saturated carbocycles. The molecular formula is C38H94O14Si9. The van der Waals surface area contributed by atoms with Gasteiger partial charge < -0.3 is 60.4 Å². The Hall–Kier alpha value is 1.39. The predicted octanol–water partition coefficient (Wildman–Crippen LogP) is 10.6. The normalized spacial score (nSPS) is 25.0. The fourth-order valence-electron chi connectivity index (χ4n) is 8.86. The highest BCUT2D eigenvalue weighted by atomic mass is 28.5. The highest BCUT2D eigenvalue weighted by Gasteiger charge is 2.60. The Balaban J connectivity index is 3.67. The molecule has 0 amide bonds. The third-order valence-electron chi connectivity index (χ3n) is 12.5. The van der Waals surface area contributed by atoms with Crippen LogP contribution in [0.3, 0.4) is 0 Å². The van der Waals surface area contributed by atoms with E-state index in [1.807, 2.05) is 0 Å². The molecule has 1 saturated heterocycles. The molecule has 0 aliphatic carbocycles. The Bertz CT molecular complexity index is 1130. The summed E-state index contributed by atoms with van der Waals surface area (Å²) in [6.07, 6.45) is 11.8. The third-order valence-corrected chi connectivity index (χ3v) is 48.5. The van der Waals surface area contributed by atoms with Crippen molar-refractivity contribution in [2.24, 2.45) is 5.92 Å². The van der Waals surface area contributed by atoms with E-state index in [0.29, 0.717) is 36.3 Å². The number of hydrogen-bond donors (Lipinski definition) is 0. The van der Waals surface area contributed by atoms with E-state index >= 15 is 0 Å². The van der Waals surface area contributed by atoms with Gasteiger partial charge in [-0.15, -0.1) is 0 Å². The molecule has 0 bridgehead atoms. The van der Waals surface area contributed by atoms with Gasteiger partial charge in [0.2, 0.25) is 0 Å². The molecule has 366 valence electrons. The summed E-state index contributed by atoms with van der Waals surface area (Å²) < 4.78 is 90.7. The number of hydrogen-bond acceptors (Lipinski definition) is 14. The van der Waals surface area contributed by atoms with Crippen molar-refractivity contribution in [3.8, 4) is 0 Å². The molecule has 1 aliphatic heterocycles. The second-order valence-corrected chi connectivity index (χ2v) is 51.3. The third kappa shape index (κ3) is 20.7. The Kier molecular flexibility index (Phi) is 27.1. The lowest BCUT2D eigenvalue weighted by atomic mass is 9.93. The van der Waals surface area contributed by atoms with Crippen LogP contribution in [0.15, 0.2) is 0 Å². The molecule has 0 N–H and O–H groups in total. The van der Waals surface area contributed by atoms with E-state index in [1.54, 1.807) is 64.0 Å². The van der Waals surface area contributed by atoms with Crippen LogP contribution in [0.4, 0.5) is 0 Å². The molecule has 2 unspecified atom stereocenters. The van der Waals surface area contributed by atoms with Gasteiger partial charge in [0, 0.05) is 82.1 Å². The Morgan fingerprint density at radius 1 is 0.377 bits per heavy atom. The van der Waals surface area contributed by atoms with Gasteiger partial charge in [-0.1, -0.05) is 71.6 Å². The molecule has 1 heterocycles. The van der Waals surface area contributed by atoms with E-state index in [0.717, 1.165) is 18.0 Å². The van der Waals surface area contributed by atoms with Crippen molar-refractivity contribution in [2.75, 3.05) is 64.0 Å². The van der Waals surface area contributed by atoms with Gasteiger partial charge in [-0.25, -0.2) is 0 Å². The van der Waals surface area contributed by atoms with Crippen LogP contribution in [-0.2, 0) is 60.4 Å². The van der Waals surface area contributed by atoms with Crippen molar-refractivity contribution in [3.05, 3.63) is 0 Å². The summed E-state index contributed by atoms with van der Waals surface area (Å²) in [6, 6.07) is 6.15. The van der Waals surface area contributed by atoms with Gasteiger partial charge in [0.1, 0.15) is 0 Å². The van der Waals surface area contributed by atoms with Crippen molar-refractivity contribution < 1.29 is 60.4 Å². The molecule has 23 heteroatoms. The maximum absolute atomic E-state index is 7.60. The minimum atomic E-state index is -3.13. The summed E-state index contributed by atoms with van der Waals surface area (Å²) in [6.45, 7) is 22.9. The zero-order valence-electron chi connectivity index (χ0n) is 42.5. The van der Waals surface area contributed by atoms with E-state index in [2.05, 4.69) is 66.2 Å². The SMILES string of the molecule is CCCCCC(CCCCC)CC[Si](C)(C)O[Si](C)(C)CC[Si]1(C)O[Si](C)(CC[Si](OC)(OC)OC)O[Si](C)(CC[Si](OC)(OC)OC)O[Si](C)(CC[Si](OC)(OC)OC)O1. The largest absolute Gasteiger partial charge is 0.500 e. The molecule has 0 aromatic rings. The fourth-order valence-corrected chi connectivity index (χ4v) is 53.5. The van der Waals surface area contributed by atoms with Crippen LogP contribution in [0.25, 0.3) is 0 Å². The van der Waals surface area contributed by atoms with Crippen molar-refractivity contribution in [1.29, 1.82) is 0 Å². The van der Waals surface area contributed by atoms with Gasteiger partial charge in [0.05, 0.1) is 0 Å².